The molecule has 1 saturated heterocycles. The number of hydrogen-bond acceptors (Lipinski definition) is 3. The average Bonchev–Trinajstić information content (AvgIpc) is 2.60. The maximum atomic E-state index is 12.1. The van der Waals surface area contributed by atoms with E-state index in [9.17, 15) is 4.79 Å². The molecule has 1 fully saturated rings. The third kappa shape index (κ3) is 5.36. The standard InChI is InChI=1S/C19H27N3O2.ClH/c20-19(21)22-11-9-14(10-12-22)5-8-18(23)24-17-7-6-15-3-1-2-4-16(15)13-17;/h6-7,13-14H,1-5,8-12H2,(H3,20,21);1H. The number of ether oxygens (including phenoxy) is 1. The molecule has 0 spiro atoms. The molecule has 1 aromatic carbocycles. The van der Waals surface area contributed by atoms with Crippen molar-refractivity contribution in [2.24, 2.45) is 11.7 Å². The smallest absolute Gasteiger partial charge is 0.311 e. The molecule has 5 nitrogen and oxygen atoms in total. The molecule has 1 aliphatic heterocycles. The molecule has 1 heterocycles. The normalized spacial score (nSPS) is 17.4. The van der Waals surface area contributed by atoms with Gasteiger partial charge in [-0.2, -0.15) is 0 Å². The van der Waals surface area contributed by atoms with E-state index in [4.69, 9.17) is 15.9 Å². The number of halogens is 1. The van der Waals surface area contributed by atoms with E-state index in [1.54, 1.807) is 0 Å². The van der Waals surface area contributed by atoms with Crippen molar-refractivity contribution in [3.63, 3.8) is 0 Å². The van der Waals surface area contributed by atoms with Gasteiger partial charge >= 0.3 is 5.97 Å². The second-order valence-electron chi connectivity index (χ2n) is 6.97. The van der Waals surface area contributed by atoms with Gasteiger partial charge in [0.15, 0.2) is 5.96 Å². The van der Waals surface area contributed by atoms with Crippen LogP contribution in [0.5, 0.6) is 5.75 Å². The molecular weight excluding hydrogens is 338 g/mol. The molecule has 6 heteroatoms. The number of nitrogens with zero attached hydrogens (tertiary/aromatic N) is 1. The summed E-state index contributed by atoms with van der Waals surface area (Å²) in [5.74, 6) is 1.23. The van der Waals surface area contributed by atoms with E-state index in [1.807, 2.05) is 17.0 Å². The van der Waals surface area contributed by atoms with Gasteiger partial charge in [0.25, 0.3) is 0 Å². The van der Waals surface area contributed by atoms with Gasteiger partial charge in [-0.05, 0) is 74.1 Å². The lowest BCUT2D eigenvalue weighted by molar-refractivity contribution is -0.134. The first-order chi connectivity index (χ1) is 11.6. The van der Waals surface area contributed by atoms with Crippen LogP contribution in [0.1, 0.15) is 49.7 Å². The second-order valence-corrected chi connectivity index (χ2v) is 6.97. The Hall–Kier alpha value is -1.75. The predicted molar refractivity (Wildman–Crippen MR) is 101 cm³/mol. The number of fused-ring (bicyclic) bond motifs is 1. The molecule has 3 N–H and O–H groups in total. The quantitative estimate of drug-likeness (QED) is 0.371. The number of nitrogens with one attached hydrogen (secondary N) is 1. The summed E-state index contributed by atoms with van der Waals surface area (Å²) >= 11 is 0. The zero-order valence-electron chi connectivity index (χ0n) is 14.6. The van der Waals surface area contributed by atoms with Gasteiger partial charge in [0.1, 0.15) is 5.75 Å². The Morgan fingerprint density at radius 3 is 2.56 bits per heavy atom. The number of likely N-dealkylation sites (tertiary alicyclic amines) is 1. The van der Waals surface area contributed by atoms with Crippen LogP contribution >= 0.6 is 12.4 Å². The molecule has 1 aliphatic carbocycles. The minimum atomic E-state index is -0.139. The number of guanidine groups is 1. The summed E-state index contributed by atoms with van der Waals surface area (Å²) in [5, 5.41) is 7.45. The molecule has 25 heavy (non-hydrogen) atoms. The molecule has 0 aromatic heterocycles. The molecular formula is C19H28ClN3O2. The summed E-state index contributed by atoms with van der Waals surface area (Å²) in [7, 11) is 0. The highest BCUT2D eigenvalue weighted by Crippen LogP contribution is 2.26. The number of hydrogen-bond donors (Lipinski definition) is 2. The lowest BCUT2D eigenvalue weighted by atomic mass is 9.91. The molecule has 0 atom stereocenters. The monoisotopic (exact) mass is 365 g/mol. The summed E-state index contributed by atoms with van der Waals surface area (Å²) in [5.41, 5.74) is 8.24. The van der Waals surface area contributed by atoms with Crippen LogP contribution in [-0.4, -0.2) is 29.9 Å². The van der Waals surface area contributed by atoms with Gasteiger partial charge in [-0.3, -0.25) is 10.2 Å². The summed E-state index contributed by atoms with van der Waals surface area (Å²) in [6, 6.07) is 6.07. The first-order valence-corrected chi connectivity index (χ1v) is 9.03. The molecule has 0 unspecified atom stereocenters. The minimum absolute atomic E-state index is 0. The van der Waals surface area contributed by atoms with Crippen LogP contribution < -0.4 is 10.5 Å². The van der Waals surface area contributed by atoms with Crippen LogP contribution in [0.3, 0.4) is 0 Å². The van der Waals surface area contributed by atoms with Crippen LogP contribution in [0.2, 0.25) is 0 Å². The summed E-state index contributed by atoms with van der Waals surface area (Å²) in [6.07, 6.45) is 8.02. The number of carbonyl (C=O) groups is 1. The number of nitrogens with two attached hydrogens (primary N) is 1. The van der Waals surface area contributed by atoms with Crippen molar-refractivity contribution in [2.45, 2.75) is 51.4 Å². The molecule has 0 radical (unpaired) electrons. The van der Waals surface area contributed by atoms with Gasteiger partial charge in [0.2, 0.25) is 0 Å². The highest BCUT2D eigenvalue weighted by Gasteiger charge is 2.21. The third-order valence-electron chi connectivity index (χ3n) is 5.26. The highest BCUT2D eigenvalue weighted by atomic mass is 35.5. The van der Waals surface area contributed by atoms with Gasteiger partial charge in [0.05, 0.1) is 0 Å². The number of carbonyl (C=O) groups excluding carboxylic acids is 1. The zero-order chi connectivity index (χ0) is 16.9. The average molecular weight is 366 g/mol. The maximum absolute atomic E-state index is 12.1. The van der Waals surface area contributed by atoms with Crippen molar-refractivity contribution in [1.29, 1.82) is 5.41 Å². The van der Waals surface area contributed by atoms with E-state index in [2.05, 4.69) is 6.07 Å². The largest absolute Gasteiger partial charge is 0.427 e. The molecule has 3 rings (SSSR count). The molecule has 2 aliphatic rings. The second kappa shape index (κ2) is 9.09. The Morgan fingerprint density at radius 1 is 1.20 bits per heavy atom. The molecule has 138 valence electrons. The topological polar surface area (TPSA) is 79.4 Å². The van der Waals surface area contributed by atoms with E-state index >= 15 is 0 Å². The Morgan fingerprint density at radius 2 is 1.88 bits per heavy atom. The van der Waals surface area contributed by atoms with Crippen LogP contribution in [0.4, 0.5) is 0 Å². The summed E-state index contributed by atoms with van der Waals surface area (Å²) < 4.78 is 5.53. The van der Waals surface area contributed by atoms with E-state index in [0.717, 1.165) is 45.2 Å². The van der Waals surface area contributed by atoms with Gasteiger partial charge in [-0.15, -0.1) is 12.4 Å². The molecule has 1 aromatic rings. The molecule has 0 saturated carbocycles. The minimum Gasteiger partial charge on any atom is -0.427 e. The van der Waals surface area contributed by atoms with Crippen LogP contribution in [0, 0.1) is 11.3 Å². The van der Waals surface area contributed by atoms with E-state index < -0.39 is 0 Å². The van der Waals surface area contributed by atoms with Gasteiger partial charge in [-0.1, -0.05) is 6.07 Å². The van der Waals surface area contributed by atoms with Crippen molar-refractivity contribution in [3.8, 4) is 5.75 Å². The van der Waals surface area contributed by atoms with E-state index in [0.29, 0.717) is 18.1 Å². The molecule has 0 bridgehead atoms. The van der Waals surface area contributed by atoms with Crippen LogP contribution in [-0.2, 0) is 17.6 Å². The maximum Gasteiger partial charge on any atom is 0.311 e. The molecule has 0 amide bonds. The number of benzene rings is 1. The van der Waals surface area contributed by atoms with Gasteiger partial charge in [-0.25, -0.2) is 0 Å². The third-order valence-corrected chi connectivity index (χ3v) is 5.26. The fourth-order valence-electron chi connectivity index (χ4n) is 3.74. The van der Waals surface area contributed by atoms with E-state index in [1.165, 1.54) is 24.0 Å². The Bertz CT molecular complexity index is 613. The van der Waals surface area contributed by atoms with Crippen molar-refractivity contribution in [2.75, 3.05) is 13.1 Å². The van der Waals surface area contributed by atoms with Crippen LogP contribution in [0.15, 0.2) is 18.2 Å². The van der Waals surface area contributed by atoms with Crippen molar-refractivity contribution in [3.05, 3.63) is 29.3 Å². The van der Waals surface area contributed by atoms with Crippen molar-refractivity contribution < 1.29 is 9.53 Å². The number of piperidine rings is 1. The van der Waals surface area contributed by atoms with Crippen molar-refractivity contribution >= 4 is 24.3 Å². The van der Waals surface area contributed by atoms with Gasteiger partial charge < -0.3 is 15.4 Å². The Labute approximate surface area is 155 Å². The predicted octanol–water partition coefficient (Wildman–Crippen LogP) is 3.28. The lowest BCUT2D eigenvalue weighted by Gasteiger charge is -2.31. The fourth-order valence-corrected chi connectivity index (χ4v) is 3.74. The summed E-state index contributed by atoms with van der Waals surface area (Å²) in [6.45, 7) is 1.64. The number of esters is 1. The number of aryl methyl sites for hydroxylation is 2. The lowest BCUT2D eigenvalue weighted by Crippen LogP contribution is -2.42. The summed E-state index contributed by atoms with van der Waals surface area (Å²) in [4.78, 5) is 14.0. The number of rotatable bonds is 4. The van der Waals surface area contributed by atoms with Gasteiger partial charge in [0, 0.05) is 19.5 Å². The highest BCUT2D eigenvalue weighted by molar-refractivity contribution is 5.85. The van der Waals surface area contributed by atoms with Crippen molar-refractivity contribution in [1.82, 2.24) is 4.90 Å². The fraction of sp³-hybridized carbons (Fsp3) is 0.579. The van der Waals surface area contributed by atoms with E-state index in [-0.39, 0.29) is 24.3 Å². The first-order valence-electron chi connectivity index (χ1n) is 9.03. The Kier molecular flexibility index (Phi) is 7.12. The first kappa shape index (κ1) is 19.6. The SMILES string of the molecule is Cl.N=C(N)N1CCC(CCC(=O)Oc2ccc3c(c2)CCCC3)CC1. The van der Waals surface area contributed by atoms with Crippen LogP contribution in [0.25, 0.3) is 0 Å². The zero-order valence-corrected chi connectivity index (χ0v) is 15.4. The Balaban J connectivity index is 0.00000225.